The zero-order chi connectivity index (χ0) is 14.4. The summed E-state index contributed by atoms with van der Waals surface area (Å²) >= 11 is 1.08. The summed E-state index contributed by atoms with van der Waals surface area (Å²) in [5.74, 6) is -1.30. The van der Waals surface area contributed by atoms with Crippen LogP contribution in [-0.2, 0) is 0 Å². The molecule has 0 aliphatic heterocycles. The molecular weight excluding hydrogens is 266 g/mol. The number of rotatable bonds is 7. The van der Waals surface area contributed by atoms with Gasteiger partial charge in [0.2, 0.25) is 0 Å². The Bertz CT molecular complexity index is 445. The average molecular weight is 285 g/mol. The van der Waals surface area contributed by atoms with Gasteiger partial charge in [-0.05, 0) is 20.5 Å². The van der Waals surface area contributed by atoms with Gasteiger partial charge in [0.15, 0.2) is 10.7 Å². The van der Waals surface area contributed by atoms with E-state index in [-0.39, 0.29) is 16.6 Å². The van der Waals surface area contributed by atoms with Crippen LogP contribution in [0.5, 0.6) is 0 Å². The molecule has 1 amide bonds. The highest BCUT2D eigenvalue weighted by Gasteiger charge is 2.20. The lowest BCUT2D eigenvalue weighted by Crippen LogP contribution is -2.37. The van der Waals surface area contributed by atoms with E-state index in [1.165, 1.54) is 5.38 Å². The second-order valence-corrected chi connectivity index (χ2v) is 5.30. The Kier molecular flexibility index (Phi) is 5.91. The normalized spacial score (nSPS) is 10.7. The molecule has 0 fully saturated rings. The summed E-state index contributed by atoms with van der Waals surface area (Å²) in [6, 6.07) is 0. The van der Waals surface area contributed by atoms with E-state index in [4.69, 9.17) is 5.11 Å². The maximum Gasteiger partial charge on any atom is 0.355 e. The van der Waals surface area contributed by atoms with Gasteiger partial charge >= 0.3 is 5.97 Å². The summed E-state index contributed by atoms with van der Waals surface area (Å²) in [6.07, 6.45) is 0.857. The van der Waals surface area contributed by atoms with Crippen LogP contribution < -0.4 is 0 Å². The van der Waals surface area contributed by atoms with Crippen molar-refractivity contribution in [3.05, 3.63) is 16.1 Å². The number of carboxylic acid groups (broad SMARTS) is 1. The maximum atomic E-state index is 12.2. The number of thiazole rings is 1. The average Bonchev–Trinajstić information content (AvgIpc) is 2.83. The summed E-state index contributed by atoms with van der Waals surface area (Å²) in [4.78, 5) is 30.6. The first-order valence-electron chi connectivity index (χ1n) is 6.08. The molecule has 0 radical (unpaired) electrons. The first kappa shape index (κ1) is 15.6. The molecule has 1 N–H and O–H groups in total. The molecule has 106 valence electrons. The van der Waals surface area contributed by atoms with Gasteiger partial charge in [0.05, 0.1) is 0 Å². The molecular formula is C12H19N3O3S. The number of hydrogen-bond donors (Lipinski definition) is 1. The minimum absolute atomic E-state index is 0.0718. The van der Waals surface area contributed by atoms with Crippen molar-refractivity contribution in [2.75, 3.05) is 33.7 Å². The van der Waals surface area contributed by atoms with Gasteiger partial charge in [-0.3, -0.25) is 4.79 Å². The predicted molar refractivity (Wildman–Crippen MR) is 73.8 cm³/mol. The van der Waals surface area contributed by atoms with E-state index < -0.39 is 5.97 Å². The van der Waals surface area contributed by atoms with Crippen LogP contribution in [-0.4, -0.2) is 65.5 Å². The van der Waals surface area contributed by atoms with Crippen molar-refractivity contribution in [3.8, 4) is 0 Å². The van der Waals surface area contributed by atoms with Crippen LogP contribution in [0.2, 0.25) is 0 Å². The second kappa shape index (κ2) is 7.20. The Morgan fingerprint density at radius 2 is 2.00 bits per heavy atom. The second-order valence-electron chi connectivity index (χ2n) is 4.44. The van der Waals surface area contributed by atoms with Crippen molar-refractivity contribution in [1.82, 2.24) is 14.8 Å². The van der Waals surface area contributed by atoms with Crippen LogP contribution in [0.4, 0.5) is 0 Å². The summed E-state index contributed by atoms with van der Waals surface area (Å²) < 4.78 is 0. The van der Waals surface area contributed by atoms with E-state index in [0.29, 0.717) is 13.1 Å². The molecule has 0 saturated heterocycles. The number of carbonyl (C=O) groups excluding carboxylic acids is 1. The molecule has 0 spiro atoms. The minimum Gasteiger partial charge on any atom is -0.476 e. The number of likely N-dealkylation sites (N-methyl/N-ethyl adjacent to an activating group) is 1. The number of aromatic carboxylic acids is 1. The van der Waals surface area contributed by atoms with Crippen LogP contribution in [0.15, 0.2) is 5.38 Å². The van der Waals surface area contributed by atoms with Crippen molar-refractivity contribution in [2.45, 2.75) is 13.3 Å². The minimum atomic E-state index is -1.11. The Hall–Kier alpha value is -1.47. The van der Waals surface area contributed by atoms with E-state index in [1.54, 1.807) is 4.90 Å². The van der Waals surface area contributed by atoms with Crippen LogP contribution >= 0.6 is 11.3 Å². The summed E-state index contributed by atoms with van der Waals surface area (Å²) in [6.45, 7) is 4.03. The molecule has 0 aromatic carbocycles. The molecule has 1 heterocycles. The van der Waals surface area contributed by atoms with Crippen LogP contribution in [0.1, 0.15) is 33.6 Å². The third kappa shape index (κ3) is 4.60. The lowest BCUT2D eigenvalue weighted by molar-refractivity contribution is 0.0691. The van der Waals surface area contributed by atoms with E-state index >= 15 is 0 Å². The molecule has 7 heteroatoms. The SMILES string of the molecule is CCCN(CCN(C)C)C(=O)c1nc(C(=O)O)cs1. The highest BCUT2D eigenvalue weighted by molar-refractivity contribution is 7.11. The third-order valence-electron chi connectivity index (χ3n) is 2.50. The fourth-order valence-electron chi connectivity index (χ4n) is 1.51. The standard InChI is InChI=1S/C12H19N3O3S/c1-4-5-15(7-6-14(2)3)11(16)10-13-9(8-19-10)12(17)18/h8H,4-7H2,1-3H3,(H,17,18). The molecule has 1 aromatic heterocycles. The number of amides is 1. The molecule has 1 rings (SSSR count). The van der Waals surface area contributed by atoms with Gasteiger partial charge in [-0.2, -0.15) is 0 Å². The Balaban J connectivity index is 2.76. The molecule has 19 heavy (non-hydrogen) atoms. The van der Waals surface area contributed by atoms with Crippen molar-refractivity contribution in [2.24, 2.45) is 0 Å². The van der Waals surface area contributed by atoms with Gasteiger partial charge in [-0.1, -0.05) is 6.92 Å². The van der Waals surface area contributed by atoms with Gasteiger partial charge in [0.1, 0.15) is 0 Å². The third-order valence-corrected chi connectivity index (χ3v) is 3.33. The Labute approximate surface area is 116 Å². The molecule has 6 nitrogen and oxygen atoms in total. The van der Waals surface area contributed by atoms with E-state index in [1.807, 2.05) is 25.9 Å². The zero-order valence-electron chi connectivity index (χ0n) is 11.4. The van der Waals surface area contributed by atoms with Gasteiger partial charge in [-0.25, -0.2) is 9.78 Å². The summed E-state index contributed by atoms with van der Waals surface area (Å²) in [5.41, 5.74) is -0.0718. The fourth-order valence-corrected chi connectivity index (χ4v) is 2.27. The number of carbonyl (C=O) groups is 2. The monoisotopic (exact) mass is 285 g/mol. The zero-order valence-corrected chi connectivity index (χ0v) is 12.2. The fraction of sp³-hybridized carbons (Fsp3) is 0.583. The molecule has 1 aromatic rings. The number of carboxylic acids is 1. The highest BCUT2D eigenvalue weighted by Crippen LogP contribution is 2.13. The quantitative estimate of drug-likeness (QED) is 0.816. The van der Waals surface area contributed by atoms with Gasteiger partial charge in [0.25, 0.3) is 5.91 Å². The predicted octanol–water partition coefficient (Wildman–Crippen LogP) is 1.26. The van der Waals surface area contributed by atoms with Crippen LogP contribution in [0.3, 0.4) is 0 Å². The van der Waals surface area contributed by atoms with Crippen molar-refractivity contribution < 1.29 is 14.7 Å². The van der Waals surface area contributed by atoms with E-state index in [2.05, 4.69) is 4.98 Å². The van der Waals surface area contributed by atoms with Crippen LogP contribution in [0.25, 0.3) is 0 Å². The van der Waals surface area contributed by atoms with Gasteiger partial charge < -0.3 is 14.9 Å². The Morgan fingerprint density at radius 3 is 2.47 bits per heavy atom. The summed E-state index contributed by atoms with van der Waals surface area (Å²) in [5, 5.41) is 10.4. The number of nitrogens with zero attached hydrogens (tertiary/aromatic N) is 3. The maximum absolute atomic E-state index is 12.2. The lowest BCUT2D eigenvalue weighted by Gasteiger charge is -2.22. The number of aromatic nitrogens is 1. The van der Waals surface area contributed by atoms with Crippen molar-refractivity contribution >= 4 is 23.2 Å². The molecule has 0 atom stereocenters. The molecule has 0 saturated carbocycles. The summed E-state index contributed by atoms with van der Waals surface area (Å²) in [7, 11) is 3.89. The van der Waals surface area contributed by atoms with E-state index in [9.17, 15) is 9.59 Å². The molecule has 0 bridgehead atoms. The van der Waals surface area contributed by atoms with Crippen molar-refractivity contribution in [3.63, 3.8) is 0 Å². The molecule has 0 aliphatic carbocycles. The topological polar surface area (TPSA) is 73.7 Å². The first-order chi connectivity index (χ1) is 8.95. The Morgan fingerprint density at radius 1 is 1.32 bits per heavy atom. The highest BCUT2D eigenvalue weighted by atomic mass is 32.1. The van der Waals surface area contributed by atoms with Gasteiger partial charge in [0, 0.05) is 25.0 Å². The van der Waals surface area contributed by atoms with Crippen molar-refractivity contribution in [1.29, 1.82) is 0 Å². The van der Waals surface area contributed by atoms with Gasteiger partial charge in [-0.15, -0.1) is 11.3 Å². The molecule has 0 aliphatic rings. The van der Waals surface area contributed by atoms with Crippen LogP contribution in [0, 0.1) is 0 Å². The number of hydrogen-bond acceptors (Lipinski definition) is 5. The largest absolute Gasteiger partial charge is 0.476 e. The van der Waals surface area contributed by atoms with E-state index in [0.717, 1.165) is 24.3 Å². The smallest absolute Gasteiger partial charge is 0.355 e. The lowest BCUT2D eigenvalue weighted by atomic mass is 10.3. The molecule has 0 unspecified atom stereocenters. The first-order valence-corrected chi connectivity index (χ1v) is 6.96.